The second-order valence-corrected chi connectivity index (χ2v) is 6.14. The van der Waals surface area contributed by atoms with E-state index in [1.54, 1.807) is 0 Å². The van der Waals surface area contributed by atoms with Gasteiger partial charge in [0.05, 0.1) is 6.10 Å². The standard InChI is InChI=1S/C15H27N5O/c1-4-11-5-7-12(8-6-11)9-17-14-18-13(16)19-15(20-14)21-10(2)3/h10-12H,4-9H2,1-3H3,(H3,16,17,18,19,20). The summed E-state index contributed by atoms with van der Waals surface area (Å²) in [5, 5.41) is 3.28. The molecule has 0 unspecified atom stereocenters. The zero-order valence-corrected chi connectivity index (χ0v) is 13.3. The van der Waals surface area contributed by atoms with E-state index in [-0.39, 0.29) is 18.1 Å². The number of hydrogen-bond donors (Lipinski definition) is 2. The highest BCUT2D eigenvalue weighted by Gasteiger charge is 2.20. The van der Waals surface area contributed by atoms with Gasteiger partial charge >= 0.3 is 6.01 Å². The van der Waals surface area contributed by atoms with Gasteiger partial charge in [-0.1, -0.05) is 26.2 Å². The van der Waals surface area contributed by atoms with Crippen molar-refractivity contribution in [2.75, 3.05) is 17.6 Å². The Morgan fingerprint density at radius 1 is 1.14 bits per heavy atom. The van der Waals surface area contributed by atoms with Crippen LogP contribution in [-0.2, 0) is 0 Å². The van der Waals surface area contributed by atoms with Gasteiger partial charge in [0, 0.05) is 6.54 Å². The molecule has 1 aliphatic rings. The molecule has 0 saturated heterocycles. The Kier molecular flexibility index (Phi) is 5.59. The van der Waals surface area contributed by atoms with Crippen LogP contribution in [0.2, 0.25) is 0 Å². The summed E-state index contributed by atoms with van der Waals surface area (Å²) in [5.41, 5.74) is 5.70. The van der Waals surface area contributed by atoms with Crippen LogP contribution in [0.1, 0.15) is 52.9 Å². The van der Waals surface area contributed by atoms with E-state index in [0.29, 0.717) is 11.9 Å². The lowest BCUT2D eigenvalue weighted by atomic mass is 9.81. The number of nitrogen functional groups attached to an aromatic ring is 1. The highest BCUT2D eigenvalue weighted by Crippen LogP contribution is 2.30. The smallest absolute Gasteiger partial charge is 0.323 e. The average Bonchev–Trinajstić information content (AvgIpc) is 2.44. The van der Waals surface area contributed by atoms with E-state index >= 15 is 0 Å². The fourth-order valence-corrected chi connectivity index (χ4v) is 2.79. The molecule has 0 atom stereocenters. The molecule has 0 aromatic carbocycles. The van der Waals surface area contributed by atoms with Crippen molar-refractivity contribution < 1.29 is 4.74 Å². The molecule has 6 nitrogen and oxygen atoms in total. The second-order valence-electron chi connectivity index (χ2n) is 6.14. The zero-order valence-electron chi connectivity index (χ0n) is 13.3. The number of rotatable bonds is 6. The van der Waals surface area contributed by atoms with Gasteiger partial charge < -0.3 is 15.8 Å². The average molecular weight is 293 g/mol. The molecule has 1 fully saturated rings. The molecule has 0 spiro atoms. The van der Waals surface area contributed by atoms with Gasteiger partial charge in [-0.15, -0.1) is 0 Å². The van der Waals surface area contributed by atoms with E-state index in [4.69, 9.17) is 10.5 Å². The number of anilines is 2. The van der Waals surface area contributed by atoms with Gasteiger partial charge in [-0.25, -0.2) is 0 Å². The summed E-state index contributed by atoms with van der Waals surface area (Å²) >= 11 is 0. The molecule has 1 aromatic rings. The van der Waals surface area contributed by atoms with Crippen molar-refractivity contribution >= 4 is 11.9 Å². The minimum absolute atomic E-state index is 0.0176. The van der Waals surface area contributed by atoms with Crippen LogP contribution in [0.4, 0.5) is 11.9 Å². The van der Waals surface area contributed by atoms with E-state index < -0.39 is 0 Å². The van der Waals surface area contributed by atoms with E-state index in [0.717, 1.165) is 12.5 Å². The fraction of sp³-hybridized carbons (Fsp3) is 0.800. The quantitative estimate of drug-likeness (QED) is 0.838. The third-order valence-electron chi connectivity index (χ3n) is 4.07. The summed E-state index contributed by atoms with van der Waals surface area (Å²) in [6.07, 6.45) is 6.56. The Morgan fingerprint density at radius 3 is 2.43 bits per heavy atom. The molecule has 1 aromatic heterocycles. The monoisotopic (exact) mass is 293 g/mol. The summed E-state index contributed by atoms with van der Waals surface area (Å²) < 4.78 is 5.47. The first-order valence-corrected chi connectivity index (χ1v) is 7.98. The molecule has 3 N–H and O–H groups in total. The van der Waals surface area contributed by atoms with Crippen LogP contribution in [-0.4, -0.2) is 27.6 Å². The van der Waals surface area contributed by atoms with Gasteiger partial charge in [0.15, 0.2) is 0 Å². The van der Waals surface area contributed by atoms with Crippen molar-refractivity contribution in [1.29, 1.82) is 0 Å². The summed E-state index contributed by atoms with van der Waals surface area (Å²) in [7, 11) is 0. The Labute approximate surface area is 126 Å². The SMILES string of the molecule is CCC1CCC(CNc2nc(N)nc(OC(C)C)n2)CC1. The highest BCUT2D eigenvalue weighted by atomic mass is 16.5. The van der Waals surface area contributed by atoms with Crippen molar-refractivity contribution in [3.8, 4) is 6.01 Å². The maximum Gasteiger partial charge on any atom is 0.323 e. The largest absolute Gasteiger partial charge is 0.461 e. The third-order valence-corrected chi connectivity index (χ3v) is 4.07. The van der Waals surface area contributed by atoms with Gasteiger partial charge in [-0.3, -0.25) is 0 Å². The molecule has 6 heteroatoms. The number of nitrogens with zero attached hydrogens (tertiary/aromatic N) is 3. The molecule has 0 amide bonds. The van der Waals surface area contributed by atoms with Crippen LogP contribution in [0, 0.1) is 11.8 Å². The third kappa shape index (κ3) is 5.02. The van der Waals surface area contributed by atoms with E-state index in [2.05, 4.69) is 27.2 Å². The molecule has 2 rings (SSSR count). The van der Waals surface area contributed by atoms with Gasteiger partial charge in [0.2, 0.25) is 11.9 Å². The lowest BCUT2D eigenvalue weighted by Gasteiger charge is -2.27. The summed E-state index contributed by atoms with van der Waals surface area (Å²) in [4.78, 5) is 12.4. The first-order valence-electron chi connectivity index (χ1n) is 7.98. The molecule has 0 radical (unpaired) electrons. The number of hydrogen-bond acceptors (Lipinski definition) is 6. The van der Waals surface area contributed by atoms with E-state index in [9.17, 15) is 0 Å². The molecule has 0 bridgehead atoms. The van der Waals surface area contributed by atoms with Crippen LogP contribution in [0.25, 0.3) is 0 Å². The number of nitrogens with one attached hydrogen (secondary N) is 1. The van der Waals surface area contributed by atoms with Crippen LogP contribution in [0.5, 0.6) is 6.01 Å². The van der Waals surface area contributed by atoms with Gasteiger partial charge in [0.1, 0.15) is 0 Å². The summed E-state index contributed by atoms with van der Waals surface area (Å²) in [6, 6.07) is 0.287. The second kappa shape index (κ2) is 7.43. The van der Waals surface area contributed by atoms with Crippen molar-refractivity contribution in [3.05, 3.63) is 0 Å². The summed E-state index contributed by atoms with van der Waals surface area (Å²) in [6.45, 7) is 7.03. The molecule has 1 heterocycles. The molecule has 1 aliphatic carbocycles. The van der Waals surface area contributed by atoms with Crippen LogP contribution in [0.15, 0.2) is 0 Å². The maximum atomic E-state index is 5.70. The minimum Gasteiger partial charge on any atom is -0.461 e. The Hall–Kier alpha value is -1.59. The fourth-order valence-electron chi connectivity index (χ4n) is 2.79. The predicted molar refractivity (Wildman–Crippen MR) is 84.2 cm³/mol. The van der Waals surface area contributed by atoms with Crippen molar-refractivity contribution in [2.24, 2.45) is 11.8 Å². The van der Waals surface area contributed by atoms with Crippen molar-refractivity contribution in [2.45, 2.75) is 59.0 Å². The first kappa shape index (κ1) is 15.8. The Balaban J connectivity index is 1.86. The maximum absolute atomic E-state index is 5.70. The molecule has 1 saturated carbocycles. The van der Waals surface area contributed by atoms with Crippen molar-refractivity contribution in [1.82, 2.24) is 15.0 Å². The van der Waals surface area contributed by atoms with Crippen LogP contribution >= 0.6 is 0 Å². The van der Waals surface area contributed by atoms with Gasteiger partial charge in [0.25, 0.3) is 0 Å². The lowest BCUT2D eigenvalue weighted by Crippen LogP contribution is -2.22. The van der Waals surface area contributed by atoms with Gasteiger partial charge in [-0.05, 0) is 38.5 Å². The zero-order chi connectivity index (χ0) is 15.2. The van der Waals surface area contributed by atoms with E-state index in [1.807, 2.05) is 13.8 Å². The number of nitrogens with two attached hydrogens (primary N) is 1. The van der Waals surface area contributed by atoms with E-state index in [1.165, 1.54) is 32.1 Å². The number of ether oxygens (including phenoxy) is 1. The Morgan fingerprint density at radius 2 is 1.81 bits per heavy atom. The molecule has 118 valence electrons. The van der Waals surface area contributed by atoms with Crippen molar-refractivity contribution in [3.63, 3.8) is 0 Å². The molecule has 0 aliphatic heterocycles. The molecule has 21 heavy (non-hydrogen) atoms. The minimum atomic E-state index is 0.0176. The lowest BCUT2D eigenvalue weighted by molar-refractivity contribution is 0.222. The predicted octanol–water partition coefficient (Wildman–Crippen LogP) is 2.87. The molecular weight excluding hydrogens is 266 g/mol. The number of aromatic nitrogens is 3. The normalized spacial score (nSPS) is 22.3. The first-order chi connectivity index (χ1) is 10.1. The van der Waals surface area contributed by atoms with Crippen LogP contribution in [0.3, 0.4) is 0 Å². The summed E-state index contributed by atoms with van der Waals surface area (Å²) in [5.74, 6) is 2.31. The Bertz CT molecular complexity index is 444. The highest BCUT2D eigenvalue weighted by molar-refractivity contribution is 5.32. The molecular formula is C15H27N5O. The van der Waals surface area contributed by atoms with Crippen LogP contribution < -0.4 is 15.8 Å². The van der Waals surface area contributed by atoms with Gasteiger partial charge in [-0.2, -0.15) is 15.0 Å². The topological polar surface area (TPSA) is 86.0 Å².